The Hall–Kier alpha value is -3.68. The van der Waals surface area contributed by atoms with Crippen molar-refractivity contribution < 1.29 is 14.3 Å². The Morgan fingerprint density at radius 3 is 2.55 bits per heavy atom. The predicted molar refractivity (Wildman–Crippen MR) is 120 cm³/mol. The van der Waals surface area contributed by atoms with Crippen LogP contribution in [-0.2, 0) is 9.53 Å². The maximum atomic E-state index is 12.6. The summed E-state index contributed by atoms with van der Waals surface area (Å²) in [6.45, 7) is 5.68. The van der Waals surface area contributed by atoms with E-state index in [9.17, 15) is 14.4 Å². The second-order valence-electron chi connectivity index (χ2n) is 7.46. The average Bonchev–Trinajstić information content (AvgIpc) is 2.78. The number of hydrogen-bond acceptors (Lipinski definition) is 5. The van der Waals surface area contributed by atoms with Gasteiger partial charge in [0.15, 0.2) is 0 Å². The highest BCUT2D eigenvalue weighted by Crippen LogP contribution is 2.28. The highest BCUT2D eigenvalue weighted by molar-refractivity contribution is 5.96. The highest BCUT2D eigenvalue weighted by atomic mass is 16.5. The summed E-state index contributed by atoms with van der Waals surface area (Å²) in [5.74, 6) is -0.568. The predicted octanol–water partition coefficient (Wildman–Crippen LogP) is 3.61. The van der Waals surface area contributed by atoms with Crippen LogP contribution < -0.4 is 16.2 Å². The summed E-state index contributed by atoms with van der Waals surface area (Å²) in [5, 5.41) is 13.5. The van der Waals surface area contributed by atoms with Crippen molar-refractivity contribution in [2.75, 3.05) is 12.4 Å². The van der Waals surface area contributed by atoms with E-state index in [2.05, 4.69) is 20.8 Å². The van der Waals surface area contributed by atoms with E-state index in [1.165, 1.54) is 7.11 Å². The van der Waals surface area contributed by atoms with E-state index < -0.39 is 18.0 Å². The molecule has 3 rings (SSSR count). The molecule has 0 aliphatic rings. The molecular weight excluding hydrogens is 396 g/mol. The molecule has 2 aromatic carbocycles. The lowest BCUT2D eigenvalue weighted by Crippen LogP contribution is -2.47. The van der Waals surface area contributed by atoms with Gasteiger partial charge in [0.1, 0.15) is 6.04 Å². The van der Waals surface area contributed by atoms with Gasteiger partial charge in [-0.1, -0.05) is 50.6 Å². The summed E-state index contributed by atoms with van der Waals surface area (Å²) >= 11 is 0. The molecule has 2 atom stereocenters. The second kappa shape index (κ2) is 9.42. The summed E-state index contributed by atoms with van der Waals surface area (Å²) in [5.41, 5.74) is 2.49. The quantitative estimate of drug-likeness (QED) is 0.525. The lowest BCUT2D eigenvalue weighted by Gasteiger charge is -2.22. The number of aromatic amines is 1. The number of aryl methyl sites for hydroxylation is 1. The lowest BCUT2D eigenvalue weighted by molar-refractivity contribution is -0.144. The molecule has 3 N–H and O–H groups in total. The fourth-order valence-electron chi connectivity index (χ4n) is 3.33. The minimum atomic E-state index is -0.747. The minimum Gasteiger partial charge on any atom is -0.467 e. The number of ether oxygens (including phenoxy) is 1. The first-order valence-corrected chi connectivity index (χ1v) is 10.1. The molecular formula is C23H26N4O4. The zero-order valence-electron chi connectivity index (χ0n) is 18.0. The Balaban J connectivity index is 1.90. The van der Waals surface area contributed by atoms with Gasteiger partial charge in [0, 0.05) is 16.6 Å². The van der Waals surface area contributed by atoms with Gasteiger partial charge in [-0.05, 0) is 30.5 Å². The van der Waals surface area contributed by atoms with Crippen LogP contribution in [0.15, 0.2) is 47.3 Å². The summed E-state index contributed by atoms with van der Waals surface area (Å²) in [7, 11) is 1.30. The highest BCUT2D eigenvalue weighted by Gasteiger charge is 2.26. The number of carbonyl (C=O) groups excluding carboxylic acids is 2. The summed E-state index contributed by atoms with van der Waals surface area (Å²) in [6, 6.07) is 11.5. The SMILES string of the molecule is CCC(C)[C@H](NC(=O)Nc1cc(-c2n[nH]c(=O)c3ccccc23)ccc1C)C(=O)OC. The third-order valence-electron chi connectivity index (χ3n) is 5.41. The van der Waals surface area contributed by atoms with E-state index in [0.717, 1.165) is 11.1 Å². The number of nitrogens with one attached hydrogen (secondary N) is 3. The third kappa shape index (κ3) is 4.74. The standard InChI is InChI=1S/C23H26N4O4/c1-5-13(2)19(22(29)31-4)25-23(30)24-18-12-15(11-10-14(18)3)20-16-8-6-7-9-17(16)21(28)27-26-20/h6-13,19H,5H2,1-4H3,(H,27,28)(H2,24,25,30)/t13?,19-/m0/s1. The van der Waals surface area contributed by atoms with E-state index in [4.69, 9.17) is 4.74 Å². The van der Waals surface area contributed by atoms with Crippen molar-refractivity contribution in [3.63, 3.8) is 0 Å². The van der Waals surface area contributed by atoms with Gasteiger partial charge in [-0.3, -0.25) is 4.79 Å². The third-order valence-corrected chi connectivity index (χ3v) is 5.41. The van der Waals surface area contributed by atoms with E-state index in [1.807, 2.05) is 45.0 Å². The van der Waals surface area contributed by atoms with Gasteiger partial charge in [0.05, 0.1) is 18.2 Å². The molecule has 2 amide bonds. The normalized spacial score (nSPS) is 12.8. The number of fused-ring (bicyclic) bond motifs is 1. The molecule has 0 fully saturated rings. The smallest absolute Gasteiger partial charge is 0.328 e. The molecule has 0 spiro atoms. The molecule has 0 saturated carbocycles. The van der Waals surface area contributed by atoms with Crippen LogP contribution in [0.1, 0.15) is 25.8 Å². The Bertz CT molecular complexity index is 1170. The molecule has 1 aromatic heterocycles. The molecule has 8 nitrogen and oxygen atoms in total. The van der Waals surface area contributed by atoms with E-state index >= 15 is 0 Å². The Labute approximate surface area is 180 Å². The monoisotopic (exact) mass is 422 g/mol. The summed E-state index contributed by atoms with van der Waals surface area (Å²) in [4.78, 5) is 36.8. The average molecular weight is 422 g/mol. The van der Waals surface area contributed by atoms with Crippen molar-refractivity contribution in [1.29, 1.82) is 0 Å². The molecule has 0 aliphatic carbocycles. The molecule has 1 heterocycles. The largest absolute Gasteiger partial charge is 0.467 e. The molecule has 3 aromatic rings. The fourth-order valence-corrected chi connectivity index (χ4v) is 3.33. The molecule has 31 heavy (non-hydrogen) atoms. The van der Waals surface area contributed by atoms with Crippen LogP contribution in [0.4, 0.5) is 10.5 Å². The fraction of sp³-hybridized carbons (Fsp3) is 0.304. The number of esters is 1. The number of nitrogens with zero attached hydrogens (tertiary/aromatic N) is 1. The maximum Gasteiger partial charge on any atom is 0.328 e. The van der Waals surface area contributed by atoms with Crippen molar-refractivity contribution in [2.24, 2.45) is 5.92 Å². The topological polar surface area (TPSA) is 113 Å². The number of rotatable bonds is 6. The van der Waals surface area contributed by atoms with Crippen molar-refractivity contribution in [3.8, 4) is 11.3 Å². The van der Waals surface area contributed by atoms with Gasteiger partial charge < -0.3 is 15.4 Å². The van der Waals surface area contributed by atoms with Crippen LogP contribution in [-0.4, -0.2) is 35.3 Å². The molecule has 8 heteroatoms. The van der Waals surface area contributed by atoms with Gasteiger partial charge in [-0.2, -0.15) is 5.10 Å². The molecule has 1 unspecified atom stereocenters. The van der Waals surface area contributed by atoms with Crippen LogP contribution >= 0.6 is 0 Å². The van der Waals surface area contributed by atoms with Gasteiger partial charge in [-0.25, -0.2) is 14.7 Å². The molecule has 0 saturated heterocycles. The van der Waals surface area contributed by atoms with Crippen molar-refractivity contribution in [2.45, 2.75) is 33.2 Å². The first kappa shape index (κ1) is 22.0. The zero-order chi connectivity index (χ0) is 22.5. The number of methoxy groups -OCH3 is 1. The molecule has 162 valence electrons. The number of hydrogen-bond donors (Lipinski definition) is 3. The first-order chi connectivity index (χ1) is 14.8. The van der Waals surface area contributed by atoms with Crippen LogP contribution in [0.25, 0.3) is 22.0 Å². The number of benzene rings is 2. The number of anilines is 1. The number of amides is 2. The van der Waals surface area contributed by atoms with Crippen molar-refractivity contribution >= 4 is 28.5 Å². The number of H-pyrrole nitrogens is 1. The number of aromatic nitrogens is 2. The van der Waals surface area contributed by atoms with E-state index in [1.54, 1.807) is 18.2 Å². The van der Waals surface area contributed by atoms with Crippen molar-refractivity contribution in [1.82, 2.24) is 15.5 Å². The van der Waals surface area contributed by atoms with Crippen molar-refractivity contribution in [3.05, 3.63) is 58.4 Å². The molecule has 0 aliphatic heterocycles. The summed E-state index contributed by atoms with van der Waals surface area (Å²) in [6.07, 6.45) is 0.708. The Morgan fingerprint density at radius 2 is 1.87 bits per heavy atom. The van der Waals surface area contributed by atoms with Gasteiger partial charge in [0.25, 0.3) is 5.56 Å². The van der Waals surface area contributed by atoms with Crippen LogP contribution in [0, 0.1) is 12.8 Å². The van der Waals surface area contributed by atoms with Gasteiger partial charge >= 0.3 is 12.0 Å². The van der Waals surface area contributed by atoms with Gasteiger partial charge in [-0.15, -0.1) is 0 Å². The number of carbonyl (C=O) groups is 2. The van der Waals surface area contributed by atoms with Crippen LogP contribution in [0.2, 0.25) is 0 Å². The minimum absolute atomic E-state index is 0.0812. The van der Waals surface area contributed by atoms with Gasteiger partial charge in [0.2, 0.25) is 0 Å². The zero-order valence-corrected chi connectivity index (χ0v) is 18.0. The molecule has 0 radical (unpaired) electrons. The molecule has 0 bridgehead atoms. The summed E-state index contributed by atoms with van der Waals surface area (Å²) < 4.78 is 4.82. The number of urea groups is 1. The Kier molecular flexibility index (Phi) is 6.69. The van der Waals surface area contributed by atoms with Crippen LogP contribution in [0.3, 0.4) is 0 Å². The first-order valence-electron chi connectivity index (χ1n) is 10.1. The maximum absolute atomic E-state index is 12.6. The van der Waals surface area contributed by atoms with Crippen LogP contribution in [0.5, 0.6) is 0 Å². The Morgan fingerprint density at radius 1 is 1.16 bits per heavy atom. The second-order valence-corrected chi connectivity index (χ2v) is 7.46. The lowest BCUT2D eigenvalue weighted by atomic mass is 9.99. The van der Waals surface area contributed by atoms with E-state index in [-0.39, 0.29) is 11.5 Å². The van der Waals surface area contributed by atoms with E-state index in [0.29, 0.717) is 28.6 Å².